The van der Waals surface area contributed by atoms with Gasteiger partial charge >= 0.3 is 0 Å². The third kappa shape index (κ3) is 5.31. The molecular formula is C19H21Cl2NO5S. The van der Waals surface area contributed by atoms with Crippen LogP contribution in [0.3, 0.4) is 0 Å². The number of rotatable bonds is 10. The van der Waals surface area contributed by atoms with Crippen LogP contribution in [0.1, 0.15) is 29.6 Å². The maximum Gasteiger partial charge on any atom is 0.263 e. The van der Waals surface area contributed by atoms with Crippen LogP contribution in [0, 0.1) is 0 Å². The average molecular weight is 446 g/mol. The fourth-order valence-electron chi connectivity index (χ4n) is 2.57. The molecule has 2 rings (SSSR count). The molecule has 0 aliphatic rings. The number of alkyl halides is 1. The molecule has 0 aromatic heterocycles. The fraction of sp³-hybridized carbons (Fsp3) is 0.316. The van der Waals surface area contributed by atoms with Crippen LogP contribution in [0.25, 0.3) is 0 Å². The van der Waals surface area contributed by atoms with Crippen molar-refractivity contribution in [3.05, 3.63) is 47.0 Å². The predicted octanol–water partition coefficient (Wildman–Crippen LogP) is 4.75. The van der Waals surface area contributed by atoms with Gasteiger partial charge in [-0.2, -0.15) is 0 Å². The molecule has 0 saturated carbocycles. The van der Waals surface area contributed by atoms with Crippen LogP contribution in [0.2, 0.25) is 5.02 Å². The molecule has 0 atom stereocenters. The fourth-order valence-corrected chi connectivity index (χ4v) is 4.34. The number of sulfonamides is 1. The highest BCUT2D eigenvalue weighted by Crippen LogP contribution is 2.35. The van der Waals surface area contributed by atoms with E-state index in [1.54, 1.807) is 12.1 Å². The normalized spacial score (nSPS) is 11.1. The van der Waals surface area contributed by atoms with Gasteiger partial charge in [-0.25, -0.2) is 8.42 Å². The number of nitrogens with one attached hydrogen (secondary N) is 1. The third-order valence-corrected chi connectivity index (χ3v) is 6.11. The summed E-state index contributed by atoms with van der Waals surface area (Å²) in [6, 6.07) is 8.95. The lowest BCUT2D eigenvalue weighted by atomic mass is 10.0. The van der Waals surface area contributed by atoms with Gasteiger partial charge < -0.3 is 9.47 Å². The summed E-state index contributed by atoms with van der Waals surface area (Å²) in [5, 5.41) is 0.0832. The minimum absolute atomic E-state index is 0.0791. The molecule has 0 spiro atoms. The van der Waals surface area contributed by atoms with Crippen molar-refractivity contribution in [1.29, 1.82) is 0 Å². The number of hydrogen-bond donors (Lipinski definition) is 1. The number of benzene rings is 2. The van der Waals surface area contributed by atoms with Crippen molar-refractivity contribution < 1.29 is 22.7 Å². The summed E-state index contributed by atoms with van der Waals surface area (Å²) in [4.78, 5) is 12.5. The molecule has 1 N–H and O–H groups in total. The van der Waals surface area contributed by atoms with Crippen LogP contribution in [0.5, 0.6) is 11.5 Å². The Bertz CT molecular complexity index is 947. The van der Waals surface area contributed by atoms with Gasteiger partial charge in [0.2, 0.25) is 0 Å². The zero-order valence-electron chi connectivity index (χ0n) is 15.5. The van der Waals surface area contributed by atoms with Gasteiger partial charge in [-0.05, 0) is 31.0 Å². The van der Waals surface area contributed by atoms with Gasteiger partial charge in [-0.3, -0.25) is 9.52 Å². The van der Waals surface area contributed by atoms with Gasteiger partial charge in [0.1, 0.15) is 16.4 Å². The van der Waals surface area contributed by atoms with E-state index >= 15 is 0 Å². The van der Waals surface area contributed by atoms with Crippen LogP contribution in [0.4, 0.5) is 5.69 Å². The summed E-state index contributed by atoms with van der Waals surface area (Å²) in [5.41, 5.74) is 0.374. The minimum atomic E-state index is -3.99. The Kier molecular flexibility index (Phi) is 7.98. The summed E-state index contributed by atoms with van der Waals surface area (Å²) in [6.07, 6.45) is 1.60. The number of Topliss-reactive ketones (excluding diaryl/α,β-unsaturated/α-hetero) is 1. The standard InChI is InChI=1S/C19H21Cl2NO5S/c1-26-17-12-18(27-2)15(11-13(17)16(23)8-5-6-10-20)22-28(24,25)19-9-4-3-7-14(19)21/h3-4,7,9,11-12,22H,5-6,8,10H2,1-2H3. The molecule has 6 nitrogen and oxygen atoms in total. The first-order chi connectivity index (χ1) is 13.3. The first kappa shape index (κ1) is 22.3. The Balaban J connectivity index is 2.44. The predicted molar refractivity (Wildman–Crippen MR) is 111 cm³/mol. The summed E-state index contributed by atoms with van der Waals surface area (Å²) >= 11 is 11.7. The van der Waals surface area contributed by atoms with Gasteiger partial charge in [-0.1, -0.05) is 23.7 Å². The minimum Gasteiger partial charge on any atom is -0.496 e. The molecule has 9 heteroatoms. The summed E-state index contributed by atoms with van der Waals surface area (Å²) in [6.45, 7) is 0. The van der Waals surface area contributed by atoms with Crippen LogP contribution in [-0.2, 0) is 10.0 Å². The molecule has 0 aliphatic heterocycles. The summed E-state index contributed by atoms with van der Waals surface area (Å²) in [5.74, 6) is 0.802. The van der Waals surface area contributed by atoms with E-state index in [0.29, 0.717) is 24.5 Å². The van der Waals surface area contributed by atoms with E-state index in [4.69, 9.17) is 32.7 Å². The molecule has 0 radical (unpaired) electrons. The molecule has 0 aliphatic carbocycles. The van der Waals surface area contributed by atoms with Crippen molar-refractivity contribution in [2.45, 2.75) is 24.2 Å². The van der Waals surface area contributed by atoms with Crippen molar-refractivity contribution in [3.8, 4) is 11.5 Å². The Morgan fingerprint density at radius 2 is 1.75 bits per heavy atom. The van der Waals surface area contributed by atoms with Crippen molar-refractivity contribution in [2.75, 3.05) is 24.8 Å². The second-order valence-electron chi connectivity index (χ2n) is 5.86. The molecule has 152 valence electrons. The lowest BCUT2D eigenvalue weighted by molar-refractivity contribution is 0.0977. The number of carbonyl (C=O) groups excluding carboxylic acids is 1. The second-order valence-corrected chi connectivity index (χ2v) is 8.29. The molecule has 28 heavy (non-hydrogen) atoms. The number of unbranched alkanes of at least 4 members (excludes halogenated alkanes) is 1. The van der Waals surface area contributed by atoms with Crippen LogP contribution < -0.4 is 14.2 Å². The summed E-state index contributed by atoms with van der Waals surface area (Å²) < 4.78 is 38.5. The van der Waals surface area contributed by atoms with Gasteiger partial charge in [0.05, 0.1) is 30.5 Å². The smallest absolute Gasteiger partial charge is 0.263 e. The van der Waals surface area contributed by atoms with Crippen LogP contribution in [-0.4, -0.2) is 34.3 Å². The third-order valence-electron chi connectivity index (χ3n) is 3.98. The lowest BCUT2D eigenvalue weighted by Gasteiger charge is -2.16. The second kappa shape index (κ2) is 10.0. The molecule has 2 aromatic carbocycles. The van der Waals surface area contributed by atoms with Gasteiger partial charge in [0, 0.05) is 18.4 Å². The zero-order chi connectivity index (χ0) is 20.7. The number of anilines is 1. The Hall–Kier alpha value is -1.96. The van der Waals surface area contributed by atoms with Gasteiger partial charge in [-0.15, -0.1) is 11.6 Å². The lowest BCUT2D eigenvalue weighted by Crippen LogP contribution is -2.15. The Morgan fingerprint density at radius 1 is 1.07 bits per heavy atom. The molecule has 0 heterocycles. The first-order valence-electron chi connectivity index (χ1n) is 8.46. The van der Waals surface area contributed by atoms with Crippen LogP contribution >= 0.6 is 23.2 Å². The molecule has 0 bridgehead atoms. The quantitative estimate of drug-likeness (QED) is 0.324. The zero-order valence-corrected chi connectivity index (χ0v) is 17.8. The molecule has 0 unspecified atom stereocenters. The number of methoxy groups -OCH3 is 2. The first-order valence-corrected chi connectivity index (χ1v) is 10.9. The highest BCUT2D eigenvalue weighted by molar-refractivity contribution is 7.92. The molecule has 0 fully saturated rings. The molecule has 0 amide bonds. The van der Waals surface area contributed by atoms with E-state index in [-0.39, 0.29) is 39.1 Å². The number of ketones is 1. The van der Waals surface area contributed by atoms with E-state index in [0.717, 1.165) is 0 Å². The number of hydrogen-bond acceptors (Lipinski definition) is 5. The number of halogens is 2. The largest absolute Gasteiger partial charge is 0.496 e. The maximum absolute atomic E-state index is 12.8. The number of ether oxygens (including phenoxy) is 2. The van der Waals surface area contributed by atoms with Gasteiger partial charge in [0.25, 0.3) is 10.0 Å². The average Bonchev–Trinajstić information content (AvgIpc) is 2.67. The highest BCUT2D eigenvalue weighted by Gasteiger charge is 2.22. The topological polar surface area (TPSA) is 81.7 Å². The maximum atomic E-state index is 12.8. The van der Waals surface area contributed by atoms with E-state index in [1.807, 2.05) is 0 Å². The number of carbonyl (C=O) groups is 1. The van der Waals surface area contributed by atoms with Gasteiger partial charge in [0.15, 0.2) is 5.78 Å². The van der Waals surface area contributed by atoms with E-state index < -0.39 is 10.0 Å². The molecule has 0 saturated heterocycles. The van der Waals surface area contributed by atoms with Crippen molar-refractivity contribution >= 4 is 44.7 Å². The van der Waals surface area contributed by atoms with E-state index in [1.165, 1.54) is 38.5 Å². The highest BCUT2D eigenvalue weighted by atomic mass is 35.5. The van der Waals surface area contributed by atoms with E-state index in [2.05, 4.69) is 4.72 Å². The SMILES string of the molecule is COc1cc(OC)c(C(=O)CCCCCl)cc1NS(=O)(=O)c1ccccc1Cl. The molecular weight excluding hydrogens is 425 g/mol. The monoisotopic (exact) mass is 445 g/mol. The Labute approximate surface area is 174 Å². The van der Waals surface area contributed by atoms with E-state index in [9.17, 15) is 13.2 Å². The Morgan fingerprint density at radius 3 is 2.36 bits per heavy atom. The molecule has 2 aromatic rings. The van der Waals surface area contributed by atoms with Crippen LogP contribution in [0.15, 0.2) is 41.3 Å². The summed E-state index contributed by atoms with van der Waals surface area (Å²) in [7, 11) is -1.17. The van der Waals surface area contributed by atoms with Crippen molar-refractivity contribution in [2.24, 2.45) is 0 Å². The van der Waals surface area contributed by atoms with Crippen molar-refractivity contribution in [3.63, 3.8) is 0 Å². The van der Waals surface area contributed by atoms with Crippen molar-refractivity contribution in [1.82, 2.24) is 0 Å².